The zero-order chi connectivity index (χ0) is 22.7. The van der Waals surface area contributed by atoms with Crippen LogP contribution in [0.4, 0.5) is 5.69 Å². The monoisotopic (exact) mass is 442 g/mol. The summed E-state index contributed by atoms with van der Waals surface area (Å²) in [6.07, 6.45) is 4.28. The third-order valence-corrected chi connectivity index (χ3v) is 6.11. The first-order valence-corrected chi connectivity index (χ1v) is 11.3. The molecule has 0 saturated heterocycles. The standard InChI is InChI=1S/C27H26N2O4/c30-25(20-11-5-2-6-12-20)29-22(17-19-9-3-1-4-10-19)26(31)28-21-13-14-23-24(18-21)33-27(32-23)15-7-8-16-27/h1-6,9-14,18,22H,7-8,15-17H2,(H,28,31)(H,29,30). The van der Waals surface area contributed by atoms with E-state index in [1.54, 1.807) is 36.4 Å². The van der Waals surface area contributed by atoms with Gasteiger partial charge in [-0.15, -0.1) is 0 Å². The van der Waals surface area contributed by atoms with Crippen LogP contribution in [0.1, 0.15) is 41.6 Å². The summed E-state index contributed by atoms with van der Waals surface area (Å²) in [5.74, 6) is 0.207. The fourth-order valence-corrected chi connectivity index (χ4v) is 4.41. The summed E-state index contributed by atoms with van der Waals surface area (Å²) in [5, 5.41) is 5.83. The lowest BCUT2D eigenvalue weighted by Gasteiger charge is -2.21. The lowest BCUT2D eigenvalue weighted by Crippen LogP contribution is -2.45. The topological polar surface area (TPSA) is 76.7 Å². The Labute approximate surface area is 192 Å². The van der Waals surface area contributed by atoms with E-state index in [0.29, 0.717) is 29.2 Å². The van der Waals surface area contributed by atoms with Gasteiger partial charge in [0.2, 0.25) is 5.91 Å². The molecule has 6 nitrogen and oxygen atoms in total. The summed E-state index contributed by atoms with van der Waals surface area (Å²) in [5.41, 5.74) is 2.07. The maximum atomic E-state index is 13.2. The van der Waals surface area contributed by atoms with Crippen LogP contribution in [-0.2, 0) is 11.2 Å². The molecular weight excluding hydrogens is 416 g/mol. The van der Waals surface area contributed by atoms with E-state index in [2.05, 4.69) is 10.6 Å². The molecule has 0 bridgehead atoms. The Morgan fingerprint density at radius 3 is 2.24 bits per heavy atom. The van der Waals surface area contributed by atoms with Gasteiger partial charge in [-0.1, -0.05) is 48.5 Å². The molecule has 2 amide bonds. The van der Waals surface area contributed by atoms with E-state index in [4.69, 9.17) is 9.47 Å². The smallest absolute Gasteiger partial charge is 0.251 e. The van der Waals surface area contributed by atoms with Crippen LogP contribution < -0.4 is 20.1 Å². The molecule has 1 fully saturated rings. The molecular formula is C27H26N2O4. The number of hydrogen-bond donors (Lipinski definition) is 2. The van der Waals surface area contributed by atoms with Crippen molar-refractivity contribution in [3.63, 3.8) is 0 Å². The summed E-state index contributed by atoms with van der Waals surface area (Å²) in [6.45, 7) is 0. The Hall–Kier alpha value is -3.80. The molecule has 33 heavy (non-hydrogen) atoms. The first-order chi connectivity index (χ1) is 16.1. The third-order valence-electron chi connectivity index (χ3n) is 6.11. The van der Waals surface area contributed by atoms with E-state index in [9.17, 15) is 9.59 Å². The predicted octanol–water partition coefficient (Wildman–Crippen LogP) is 4.71. The first-order valence-electron chi connectivity index (χ1n) is 11.3. The van der Waals surface area contributed by atoms with Crippen molar-refractivity contribution in [2.45, 2.75) is 43.9 Å². The number of nitrogens with one attached hydrogen (secondary N) is 2. The zero-order valence-electron chi connectivity index (χ0n) is 18.3. The van der Waals surface area contributed by atoms with Crippen molar-refractivity contribution in [1.29, 1.82) is 0 Å². The summed E-state index contributed by atoms with van der Waals surface area (Å²) in [7, 11) is 0. The van der Waals surface area contributed by atoms with Crippen molar-refractivity contribution in [2.24, 2.45) is 0 Å². The summed E-state index contributed by atoms with van der Waals surface area (Å²) >= 11 is 0. The highest BCUT2D eigenvalue weighted by Crippen LogP contribution is 2.47. The fraction of sp³-hybridized carbons (Fsp3) is 0.259. The number of anilines is 1. The minimum atomic E-state index is -0.744. The molecule has 1 atom stereocenters. The van der Waals surface area contributed by atoms with Gasteiger partial charge in [0.05, 0.1) is 0 Å². The molecule has 1 spiro atoms. The van der Waals surface area contributed by atoms with Gasteiger partial charge in [0.25, 0.3) is 11.7 Å². The number of rotatable bonds is 6. The van der Waals surface area contributed by atoms with Gasteiger partial charge in [0.15, 0.2) is 11.5 Å². The second-order valence-corrected chi connectivity index (χ2v) is 8.55. The molecule has 0 radical (unpaired) electrons. The van der Waals surface area contributed by atoms with Crippen LogP contribution in [0, 0.1) is 0 Å². The number of hydrogen-bond acceptors (Lipinski definition) is 4. The van der Waals surface area contributed by atoms with Gasteiger partial charge in [-0.3, -0.25) is 9.59 Å². The summed E-state index contributed by atoms with van der Waals surface area (Å²) in [4.78, 5) is 26.0. The van der Waals surface area contributed by atoms with Crippen LogP contribution in [0.25, 0.3) is 0 Å². The average molecular weight is 443 g/mol. The normalized spacial score (nSPS) is 16.4. The Morgan fingerprint density at radius 1 is 0.848 bits per heavy atom. The van der Waals surface area contributed by atoms with Crippen molar-refractivity contribution in [3.05, 3.63) is 90.0 Å². The van der Waals surface area contributed by atoms with Crippen molar-refractivity contribution < 1.29 is 19.1 Å². The van der Waals surface area contributed by atoms with Crippen LogP contribution in [0.3, 0.4) is 0 Å². The number of fused-ring (bicyclic) bond motifs is 1. The zero-order valence-corrected chi connectivity index (χ0v) is 18.3. The van der Waals surface area contributed by atoms with E-state index < -0.39 is 11.8 Å². The second kappa shape index (κ2) is 8.98. The van der Waals surface area contributed by atoms with E-state index >= 15 is 0 Å². The van der Waals surface area contributed by atoms with Crippen molar-refractivity contribution in [3.8, 4) is 11.5 Å². The molecule has 1 unspecified atom stereocenters. The predicted molar refractivity (Wildman–Crippen MR) is 125 cm³/mol. The molecule has 1 aliphatic heterocycles. The maximum absolute atomic E-state index is 13.2. The van der Waals surface area contributed by atoms with Gasteiger partial charge in [0, 0.05) is 36.6 Å². The Kier molecular flexibility index (Phi) is 5.73. The van der Waals surface area contributed by atoms with E-state index in [-0.39, 0.29) is 11.8 Å². The quantitative estimate of drug-likeness (QED) is 0.580. The Balaban J connectivity index is 1.32. The van der Waals surface area contributed by atoms with Crippen LogP contribution >= 0.6 is 0 Å². The van der Waals surface area contributed by atoms with Gasteiger partial charge < -0.3 is 20.1 Å². The molecule has 1 aliphatic carbocycles. The molecule has 2 N–H and O–H groups in total. The molecule has 3 aromatic rings. The molecule has 6 heteroatoms. The SMILES string of the molecule is O=C(NC(Cc1ccccc1)C(=O)Nc1ccc2c(c1)OC1(CCCC1)O2)c1ccccc1. The van der Waals surface area contributed by atoms with Crippen molar-refractivity contribution >= 4 is 17.5 Å². The van der Waals surface area contributed by atoms with Gasteiger partial charge >= 0.3 is 0 Å². The van der Waals surface area contributed by atoms with Gasteiger partial charge in [0.1, 0.15) is 6.04 Å². The highest BCUT2D eigenvalue weighted by atomic mass is 16.7. The van der Waals surface area contributed by atoms with Gasteiger partial charge in [-0.05, 0) is 42.7 Å². The summed E-state index contributed by atoms with van der Waals surface area (Å²) in [6, 6.07) is 23.2. The van der Waals surface area contributed by atoms with Crippen LogP contribution in [0.2, 0.25) is 0 Å². The minimum absolute atomic E-state index is 0.291. The largest absolute Gasteiger partial charge is 0.448 e. The highest BCUT2D eigenvalue weighted by Gasteiger charge is 2.44. The second-order valence-electron chi connectivity index (χ2n) is 8.55. The van der Waals surface area contributed by atoms with Crippen LogP contribution in [-0.4, -0.2) is 23.6 Å². The highest BCUT2D eigenvalue weighted by molar-refractivity contribution is 6.01. The Morgan fingerprint density at radius 2 is 1.52 bits per heavy atom. The molecule has 168 valence electrons. The summed E-state index contributed by atoms with van der Waals surface area (Å²) < 4.78 is 12.2. The molecule has 0 aromatic heterocycles. The number of ether oxygens (including phenoxy) is 2. The van der Waals surface area contributed by atoms with Crippen LogP contribution in [0.5, 0.6) is 11.5 Å². The van der Waals surface area contributed by atoms with Crippen molar-refractivity contribution in [1.82, 2.24) is 5.32 Å². The number of carbonyl (C=O) groups is 2. The molecule has 3 aromatic carbocycles. The van der Waals surface area contributed by atoms with E-state index in [0.717, 1.165) is 31.2 Å². The molecule has 1 saturated carbocycles. The maximum Gasteiger partial charge on any atom is 0.251 e. The van der Waals surface area contributed by atoms with Gasteiger partial charge in [-0.25, -0.2) is 0 Å². The van der Waals surface area contributed by atoms with E-state index in [1.165, 1.54) is 0 Å². The first kappa shape index (κ1) is 21.1. The van der Waals surface area contributed by atoms with E-state index in [1.807, 2.05) is 42.5 Å². The molecule has 1 heterocycles. The third kappa shape index (κ3) is 4.70. The molecule has 5 rings (SSSR count). The van der Waals surface area contributed by atoms with Crippen molar-refractivity contribution in [2.75, 3.05) is 5.32 Å². The van der Waals surface area contributed by atoms with Gasteiger partial charge in [-0.2, -0.15) is 0 Å². The number of carbonyl (C=O) groups excluding carboxylic acids is 2. The number of benzene rings is 3. The fourth-order valence-electron chi connectivity index (χ4n) is 4.41. The lowest BCUT2D eigenvalue weighted by atomic mass is 10.0. The minimum Gasteiger partial charge on any atom is -0.448 e. The average Bonchev–Trinajstić information content (AvgIpc) is 3.45. The number of amides is 2. The molecule has 2 aliphatic rings. The van der Waals surface area contributed by atoms with Crippen LogP contribution in [0.15, 0.2) is 78.9 Å². The Bertz CT molecular complexity index is 1140. The lowest BCUT2D eigenvalue weighted by molar-refractivity contribution is -0.118.